The summed E-state index contributed by atoms with van der Waals surface area (Å²) in [7, 11) is 0. The monoisotopic (exact) mass is 400 g/mol. The molecule has 1 fully saturated rings. The Balaban J connectivity index is 1.79. The molecule has 1 amide bonds. The van der Waals surface area contributed by atoms with Gasteiger partial charge in [-0.25, -0.2) is 5.43 Å². The molecular formula is C25H40N2O2. The van der Waals surface area contributed by atoms with Crippen LogP contribution in [0.1, 0.15) is 114 Å². The van der Waals surface area contributed by atoms with Crippen LogP contribution in [-0.4, -0.2) is 18.2 Å². The van der Waals surface area contributed by atoms with Gasteiger partial charge in [0.25, 0.3) is 5.91 Å². The Morgan fingerprint density at radius 2 is 1.45 bits per heavy atom. The lowest BCUT2D eigenvalue weighted by molar-refractivity contribution is 0.0954. The molecule has 29 heavy (non-hydrogen) atoms. The van der Waals surface area contributed by atoms with Crippen LogP contribution in [0.25, 0.3) is 0 Å². The van der Waals surface area contributed by atoms with Crippen molar-refractivity contribution in [1.82, 2.24) is 5.43 Å². The minimum Gasteiger partial charge on any atom is -0.494 e. The summed E-state index contributed by atoms with van der Waals surface area (Å²) in [6, 6.07) is 7.38. The number of rotatable bonds is 8. The maximum Gasteiger partial charge on any atom is 0.271 e. The number of nitrogens with one attached hydrogen (secondary N) is 1. The highest BCUT2D eigenvalue weighted by atomic mass is 16.5. The molecule has 162 valence electrons. The standard InChI is InChI=1S/C25H40N2O2/c1-2-3-4-14-21-29-24-19-17-22(18-20-24)25(28)27-26-23-15-12-10-8-6-5-7-9-11-13-16-23/h17-20H,2-16,21H2,1H3,(H,27,28). The molecule has 0 saturated heterocycles. The highest BCUT2D eigenvalue weighted by molar-refractivity contribution is 5.95. The lowest BCUT2D eigenvalue weighted by atomic mass is 10.00. The van der Waals surface area contributed by atoms with E-state index < -0.39 is 0 Å². The molecule has 4 nitrogen and oxygen atoms in total. The van der Waals surface area contributed by atoms with Gasteiger partial charge in [0.1, 0.15) is 5.75 Å². The van der Waals surface area contributed by atoms with Crippen molar-refractivity contribution in [1.29, 1.82) is 0 Å². The Bertz CT molecular complexity index is 581. The average molecular weight is 401 g/mol. The minimum atomic E-state index is -0.141. The Hall–Kier alpha value is -1.84. The number of hydrogen-bond acceptors (Lipinski definition) is 3. The Morgan fingerprint density at radius 3 is 2.03 bits per heavy atom. The van der Waals surface area contributed by atoms with Crippen LogP contribution in [0.4, 0.5) is 0 Å². The summed E-state index contributed by atoms with van der Waals surface area (Å²) in [5.74, 6) is 0.682. The van der Waals surface area contributed by atoms with Crippen molar-refractivity contribution in [2.45, 2.75) is 103 Å². The molecule has 0 unspecified atom stereocenters. The normalized spacial score (nSPS) is 16.4. The third kappa shape index (κ3) is 10.5. The van der Waals surface area contributed by atoms with Crippen molar-refractivity contribution >= 4 is 11.6 Å². The van der Waals surface area contributed by atoms with Gasteiger partial charge in [-0.3, -0.25) is 4.79 Å². The van der Waals surface area contributed by atoms with Gasteiger partial charge in [-0.15, -0.1) is 0 Å². The first kappa shape index (κ1) is 23.4. The zero-order valence-electron chi connectivity index (χ0n) is 18.4. The second-order valence-electron chi connectivity index (χ2n) is 8.23. The van der Waals surface area contributed by atoms with Crippen molar-refractivity contribution < 1.29 is 9.53 Å². The highest BCUT2D eigenvalue weighted by Gasteiger charge is 2.07. The summed E-state index contributed by atoms with van der Waals surface area (Å²) in [4.78, 5) is 12.4. The van der Waals surface area contributed by atoms with Crippen LogP contribution >= 0.6 is 0 Å². The molecule has 0 aromatic heterocycles. The third-order valence-electron chi connectivity index (χ3n) is 5.63. The maximum absolute atomic E-state index is 12.4. The SMILES string of the molecule is CCCCCCOc1ccc(C(=O)NN=C2CCCCCCCCCCC2)cc1. The summed E-state index contributed by atoms with van der Waals surface area (Å²) >= 11 is 0. The van der Waals surface area contributed by atoms with Crippen LogP contribution in [0, 0.1) is 0 Å². The van der Waals surface area contributed by atoms with Crippen LogP contribution < -0.4 is 10.2 Å². The molecule has 2 rings (SSSR count). The first-order valence-electron chi connectivity index (χ1n) is 11.9. The lowest BCUT2D eigenvalue weighted by Crippen LogP contribution is -2.20. The second kappa shape index (κ2) is 15.1. The molecule has 1 aromatic carbocycles. The smallest absolute Gasteiger partial charge is 0.271 e. The molecule has 0 heterocycles. The van der Waals surface area contributed by atoms with Crippen molar-refractivity contribution in [3.8, 4) is 5.75 Å². The van der Waals surface area contributed by atoms with Gasteiger partial charge in [-0.1, -0.05) is 71.1 Å². The van der Waals surface area contributed by atoms with Gasteiger partial charge < -0.3 is 4.74 Å². The van der Waals surface area contributed by atoms with E-state index in [0.717, 1.165) is 37.3 Å². The van der Waals surface area contributed by atoms with Crippen LogP contribution in [0.15, 0.2) is 29.4 Å². The number of carbonyl (C=O) groups is 1. The zero-order chi connectivity index (χ0) is 20.6. The van der Waals surface area contributed by atoms with Crippen molar-refractivity contribution in [2.75, 3.05) is 6.61 Å². The van der Waals surface area contributed by atoms with Gasteiger partial charge in [0, 0.05) is 11.3 Å². The van der Waals surface area contributed by atoms with E-state index in [9.17, 15) is 4.79 Å². The van der Waals surface area contributed by atoms with Gasteiger partial charge in [-0.2, -0.15) is 5.10 Å². The molecule has 4 heteroatoms. The Morgan fingerprint density at radius 1 is 0.862 bits per heavy atom. The number of hydrazone groups is 1. The van der Waals surface area contributed by atoms with E-state index in [4.69, 9.17) is 4.74 Å². The van der Waals surface area contributed by atoms with E-state index in [-0.39, 0.29) is 5.91 Å². The minimum absolute atomic E-state index is 0.141. The fourth-order valence-corrected chi connectivity index (χ4v) is 3.75. The fraction of sp³-hybridized carbons (Fsp3) is 0.680. The van der Waals surface area contributed by atoms with E-state index in [0.29, 0.717) is 5.56 Å². The molecule has 1 N–H and O–H groups in total. The number of amides is 1. The van der Waals surface area contributed by atoms with Crippen molar-refractivity contribution in [2.24, 2.45) is 5.10 Å². The molecule has 0 aliphatic heterocycles. The molecule has 1 aliphatic rings. The largest absolute Gasteiger partial charge is 0.494 e. The Kier molecular flexibility index (Phi) is 12.2. The first-order valence-corrected chi connectivity index (χ1v) is 11.9. The van der Waals surface area contributed by atoms with Crippen LogP contribution in [0.3, 0.4) is 0 Å². The predicted octanol–water partition coefficient (Wildman–Crippen LogP) is 7.04. The van der Waals surface area contributed by atoms with E-state index in [1.54, 1.807) is 0 Å². The van der Waals surface area contributed by atoms with Gasteiger partial charge in [0.15, 0.2) is 0 Å². The topological polar surface area (TPSA) is 50.7 Å². The molecule has 1 aromatic rings. The molecule has 0 radical (unpaired) electrons. The number of hydrogen-bond donors (Lipinski definition) is 1. The van der Waals surface area contributed by atoms with E-state index in [1.807, 2.05) is 24.3 Å². The van der Waals surface area contributed by atoms with Crippen LogP contribution in [-0.2, 0) is 0 Å². The zero-order valence-corrected chi connectivity index (χ0v) is 18.4. The summed E-state index contributed by atoms with van der Waals surface area (Å²) in [6.45, 7) is 2.94. The maximum atomic E-state index is 12.4. The Labute approximate surface area is 177 Å². The van der Waals surface area contributed by atoms with Crippen LogP contribution in [0.2, 0.25) is 0 Å². The van der Waals surface area contributed by atoms with Crippen LogP contribution in [0.5, 0.6) is 5.75 Å². The van der Waals surface area contributed by atoms with Gasteiger partial charge >= 0.3 is 0 Å². The van der Waals surface area contributed by atoms with Crippen molar-refractivity contribution in [3.05, 3.63) is 29.8 Å². The van der Waals surface area contributed by atoms with Gasteiger partial charge in [0.05, 0.1) is 6.61 Å². The molecule has 0 bridgehead atoms. The molecule has 0 spiro atoms. The summed E-state index contributed by atoms with van der Waals surface area (Å²) in [5, 5.41) is 4.47. The number of benzene rings is 1. The lowest BCUT2D eigenvalue weighted by Gasteiger charge is -2.10. The molecule has 1 aliphatic carbocycles. The highest BCUT2D eigenvalue weighted by Crippen LogP contribution is 2.16. The number of carbonyl (C=O) groups excluding carboxylic acids is 1. The molecule has 0 atom stereocenters. The van der Waals surface area contributed by atoms with E-state index in [1.165, 1.54) is 77.0 Å². The van der Waals surface area contributed by atoms with Crippen molar-refractivity contribution in [3.63, 3.8) is 0 Å². The molecular weight excluding hydrogens is 360 g/mol. The predicted molar refractivity (Wildman–Crippen MR) is 122 cm³/mol. The average Bonchev–Trinajstić information content (AvgIpc) is 2.73. The molecule has 1 saturated carbocycles. The number of nitrogens with zero attached hydrogens (tertiary/aromatic N) is 1. The quantitative estimate of drug-likeness (QED) is 0.376. The first-order chi connectivity index (χ1) is 14.3. The summed E-state index contributed by atoms with van der Waals surface area (Å²) < 4.78 is 5.75. The van der Waals surface area contributed by atoms with E-state index in [2.05, 4.69) is 17.5 Å². The number of unbranched alkanes of at least 4 members (excludes halogenated alkanes) is 3. The fourth-order valence-electron chi connectivity index (χ4n) is 3.75. The summed E-state index contributed by atoms with van der Waals surface area (Å²) in [5.41, 5.74) is 4.55. The third-order valence-corrected chi connectivity index (χ3v) is 5.63. The summed E-state index contributed by atoms with van der Waals surface area (Å²) in [6.07, 6.45) is 18.4. The number of ether oxygens (including phenoxy) is 1. The van der Waals surface area contributed by atoms with Gasteiger partial charge in [-0.05, 0) is 56.4 Å². The van der Waals surface area contributed by atoms with E-state index >= 15 is 0 Å². The second-order valence-corrected chi connectivity index (χ2v) is 8.23. The van der Waals surface area contributed by atoms with Gasteiger partial charge in [0.2, 0.25) is 0 Å².